The summed E-state index contributed by atoms with van der Waals surface area (Å²) < 4.78 is 1.09. The molecule has 4 heteroatoms. The van der Waals surface area contributed by atoms with Crippen molar-refractivity contribution < 1.29 is 0 Å². The number of nitrogens with zero attached hydrogens (tertiary/aromatic N) is 1. The van der Waals surface area contributed by atoms with E-state index in [-0.39, 0.29) is 5.84 Å². The van der Waals surface area contributed by atoms with E-state index in [0.717, 1.165) is 27.8 Å². The van der Waals surface area contributed by atoms with Gasteiger partial charge in [0.25, 0.3) is 0 Å². The van der Waals surface area contributed by atoms with E-state index in [2.05, 4.69) is 46.1 Å². The first-order valence-corrected chi connectivity index (χ1v) is 7.17. The van der Waals surface area contributed by atoms with Crippen LogP contribution in [-0.2, 0) is 6.54 Å². The minimum absolute atomic E-state index is 0.115. The number of hydrogen-bond donors (Lipinski definition) is 2. The molecule has 0 fully saturated rings. The normalized spacial score (nSPS) is 10.3. The molecule has 0 saturated carbocycles. The van der Waals surface area contributed by atoms with E-state index >= 15 is 0 Å². The lowest BCUT2D eigenvalue weighted by molar-refractivity contribution is 0.921. The predicted molar refractivity (Wildman–Crippen MR) is 88.4 cm³/mol. The number of nitrogens with one attached hydrogen (secondary N) is 1. The molecule has 0 atom stereocenters. The summed E-state index contributed by atoms with van der Waals surface area (Å²) in [4.78, 5) is 2.18. The lowest BCUT2D eigenvalue weighted by atomic mass is 10.1. The third-order valence-corrected chi connectivity index (χ3v) is 3.80. The molecule has 0 radical (unpaired) electrons. The van der Waals surface area contributed by atoms with Crippen LogP contribution >= 0.6 is 15.9 Å². The topological polar surface area (TPSA) is 53.1 Å². The van der Waals surface area contributed by atoms with Crippen LogP contribution in [0.3, 0.4) is 0 Å². The molecule has 2 aromatic rings. The highest BCUT2D eigenvalue weighted by Gasteiger charge is 2.06. The van der Waals surface area contributed by atoms with Crippen molar-refractivity contribution in [3.8, 4) is 0 Å². The third kappa shape index (κ3) is 3.39. The lowest BCUT2D eigenvalue weighted by Gasteiger charge is -2.20. The van der Waals surface area contributed by atoms with Gasteiger partial charge < -0.3 is 10.6 Å². The molecule has 0 heterocycles. The number of anilines is 1. The van der Waals surface area contributed by atoms with Gasteiger partial charge in [0.2, 0.25) is 0 Å². The van der Waals surface area contributed by atoms with Crippen LogP contribution in [0, 0.1) is 12.3 Å². The van der Waals surface area contributed by atoms with E-state index in [1.54, 1.807) is 0 Å². The van der Waals surface area contributed by atoms with Crippen molar-refractivity contribution in [3.63, 3.8) is 0 Å². The molecule has 2 rings (SSSR count). The molecule has 104 valence electrons. The number of halogens is 1. The van der Waals surface area contributed by atoms with Crippen molar-refractivity contribution in [1.82, 2.24) is 0 Å². The summed E-state index contributed by atoms with van der Waals surface area (Å²) in [6.07, 6.45) is 0. The van der Waals surface area contributed by atoms with Crippen LogP contribution in [0.5, 0.6) is 0 Å². The van der Waals surface area contributed by atoms with Crippen molar-refractivity contribution in [2.45, 2.75) is 13.5 Å². The standard InChI is InChI=1S/C16H18BrN3/c1-11-9-14(7-8-15(11)16(18)19)20(2)10-12-3-5-13(17)6-4-12/h3-9H,10H2,1-2H3,(H3,18,19). The van der Waals surface area contributed by atoms with E-state index in [9.17, 15) is 0 Å². The quantitative estimate of drug-likeness (QED) is 0.663. The fourth-order valence-corrected chi connectivity index (χ4v) is 2.41. The molecule has 0 saturated heterocycles. The van der Waals surface area contributed by atoms with Crippen LogP contribution in [0.2, 0.25) is 0 Å². The molecule has 3 nitrogen and oxygen atoms in total. The van der Waals surface area contributed by atoms with E-state index in [1.165, 1.54) is 5.56 Å². The zero-order chi connectivity index (χ0) is 14.7. The van der Waals surface area contributed by atoms with Crippen molar-refractivity contribution in [2.24, 2.45) is 5.73 Å². The summed E-state index contributed by atoms with van der Waals surface area (Å²) in [6, 6.07) is 14.3. The Kier molecular flexibility index (Phi) is 4.45. The van der Waals surface area contributed by atoms with Crippen molar-refractivity contribution in [2.75, 3.05) is 11.9 Å². The van der Waals surface area contributed by atoms with Gasteiger partial charge in [0.05, 0.1) is 0 Å². The fraction of sp³-hybridized carbons (Fsp3) is 0.188. The van der Waals surface area contributed by atoms with E-state index in [1.807, 2.05) is 31.2 Å². The smallest absolute Gasteiger partial charge is 0.123 e. The summed E-state index contributed by atoms with van der Waals surface area (Å²) in [7, 11) is 2.06. The Morgan fingerprint density at radius 3 is 2.40 bits per heavy atom. The molecule has 3 N–H and O–H groups in total. The molecular formula is C16H18BrN3. The highest BCUT2D eigenvalue weighted by Crippen LogP contribution is 2.20. The molecule has 0 aliphatic heterocycles. The molecule has 2 aromatic carbocycles. The molecule has 0 aliphatic rings. The van der Waals surface area contributed by atoms with Crippen molar-refractivity contribution in [3.05, 3.63) is 63.6 Å². The number of benzene rings is 2. The molecule has 0 spiro atoms. The second kappa shape index (κ2) is 6.09. The molecule has 0 aromatic heterocycles. The van der Waals surface area contributed by atoms with Crippen LogP contribution in [0.4, 0.5) is 5.69 Å². The van der Waals surface area contributed by atoms with Crippen LogP contribution in [0.1, 0.15) is 16.7 Å². The van der Waals surface area contributed by atoms with Crippen LogP contribution in [0.25, 0.3) is 0 Å². The highest BCUT2D eigenvalue weighted by molar-refractivity contribution is 9.10. The summed E-state index contributed by atoms with van der Waals surface area (Å²) in [5.41, 5.74) is 9.74. The molecular weight excluding hydrogens is 314 g/mol. The Morgan fingerprint density at radius 1 is 1.20 bits per heavy atom. The van der Waals surface area contributed by atoms with Gasteiger partial charge in [0, 0.05) is 29.3 Å². The van der Waals surface area contributed by atoms with Gasteiger partial charge in [-0.05, 0) is 48.4 Å². The Hall–Kier alpha value is -1.81. The summed E-state index contributed by atoms with van der Waals surface area (Å²) in [5, 5.41) is 7.51. The Morgan fingerprint density at radius 2 is 1.85 bits per heavy atom. The largest absolute Gasteiger partial charge is 0.384 e. The van der Waals surface area contributed by atoms with Crippen LogP contribution < -0.4 is 10.6 Å². The number of nitrogens with two attached hydrogens (primary N) is 1. The number of aryl methyl sites for hydroxylation is 1. The zero-order valence-corrected chi connectivity index (χ0v) is 13.2. The Balaban J connectivity index is 2.17. The average Bonchev–Trinajstić information content (AvgIpc) is 2.40. The lowest BCUT2D eigenvalue weighted by Crippen LogP contribution is -2.18. The van der Waals surface area contributed by atoms with E-state index in [0.29, 0.717) is 0 Å². The average molecular weight is 332 g/mol. The summed E-state index contributed by atoms with van der Waals surface area (Å²) >= 11 is 3.44. The fourth-order valence-electron chi connectivity index (χ4n) is 2.14. The second-order valence-electron chi connectivity index (χ2n) is 4.90. The van der Waals surface area contributed by atoms with Gasteiger partial charge in [0.1, 0.15) is 5.84 Å². The maximum Gasteiger partial charge on any atom is 0.123 e. The SMILES string of the molecule is Cc1cc(N(C)Cc2ccc(Br)cc2)ccc1C(=N)N. The Bertz CT molecular complexity index is 620. The molecule has 0 bridgehead atoms. The molecule has 0 aliphatic carbocycles. The van der Waals surface area contributed by atoms with Gasteiger partial charge in [-0.2, -0.15) is 0 Å². The molecule has 20 heavy (non-hydrogen) atoms. The molecule has 0 amide bonds. The monoisotopic (exact) mass is 331 g/mol. The van der Waals surface area contributed by atoms with Gasteiger partial charge in [-0.15, -0.1) is 0 Å². The maximum atomic E-state index is 7.51. The van der Waals surface area contributed by atoms with Crippen molar-refractivity contribution in [1.29, 1.82) is 5.41 Å². The first-order chi connectivity index (χ1) is 9.47. The Labute approximate surface area is 128 Å². The maximum absolute atomic E-state index is 7.51. The van der Waals surface area contributed by atoms with Gasteiger partial charge in [-0.3, -0.25) is 5.41 Å². The van der Waals surface area contributed by atoms with Crippen LogP contribution in [-0.4, -0.2) is 12.9 Å². The number of hydrogen-bond acceptors (Lipinski definition) is 2. The summed E-state index contributed by atoms with van der Waals surface area (Å²) in [6.45, 7) is 2.82. The van der Waals surface area contributed by atoms with Crippen LogP contribution in [0.15, 0.2) is 46.9 Å². The zero-order valence-electron chi connectivity index (χ0n) is 11.7. The first kappa shape index (κ1) is 14.6. The highest BCUT2D eigenvalue weighted by atomic mass is 79.9. The van der Waals surface area contributed by atoms with Gasteiger partial charge >= 0.3 is 0 Å². The van der Waals surface area contributed by atoms with E-state index in [4.69, 9.17) is 11.1 Å². The number of rotatable bonds is 4. The van der Waals surface area contributed by atoms with E-state index < -0.39 is 0 Å². The van der Waals surface area contributed by atoms with Gasteiger partial charge in [0.15, 0.2) is 0 Å². The van der Waals surface area contributed by atoms with Crippen molar-refractivity contribution >= 4 is 27.5 Å². The molecule has 0 unspecified atom stereocenters. The minimum Gasteiger partial charge on any atom is -0.384 e. The second-order valence-corrected chi connectivity index (χ2v) is 5.81. The summed E-state index contributed by atoms with van der Waals surface area (Å²) in [5.74, 6) is 0.115. The third-order valence-electron chi connectivity index (χ3n) is 3.27. The number of nitrogen functional groups attached to an aromatic ring is 1. The van der Waals surface area contributed by atoms with Gasteiger partial charge in [-0.1, -0.05) is 28.1 Å². The predicted octanol–water partition coefficient (Wildman–Crippen LogP) is 3.68. The minimum atomic E-state index is 0.115. The van der Waals surface area contributed by atoms with Gasteiger partial charge in [-0.25, -0.2) is 0 Å². The first-order valence-electron chi connectivity index (χ1n) is 6.38. The number of amidine groups is 1.